The van der Waals surface area contributed by atoms with Crippen LogP contribution in [0.5, 0.6) is 5.88 Å². The lowest BCUT2D eigenvalue weighted by Crippen LogP contribution is -2.61. The molecule has 1 aromatic heterocycles. The van der Waals surface area contributed by atoms with Crippen molar-refractivity contribution >= 4 is 11.8 Å². The van der Waals surface area contributed by atoms with Crippen LogP contribution in [0.25, 0.3) is 0 Å². The Kier molecular flexibility index (Phi) is 4.58. The fraction of sp³-hybridized carbons (Fsp3) is 0.706. The van der Waals surface area contributed by atoms with Gasteiger partial charge in [-0.1, -0.05) is 0 Å². The first-order valence-corrected chi connectivity index (χ1v) is 8.88. The summed E-state index contributed by atoms with van der Waals surface area (Å²) in [4.78, 5) is 28.5. The van der Waals surface area contributed by atoms with Crippen LogP contribution in [0.2, 0.25) is 0 Å². The molecule has 2 aliphatic heterocycles. The first-order valence-electron chi connectivity index (χ1n) is 8.88. The van der Waals surface area contributed by atoms with E-state index in [4.69, 9.17) is 18.7 Å². The van der Waals surface area contributed by atoms with E-state index in [-0.39, 0.29) is 30.1 Å². The van der Waals surface area contributed by atoms with Gasteiger partial charge in [-0.3, -0.25) is 9.59 Å². The van der Waals surface area contributed by atoms with Crippen molar-refractivity contribution in [3.8, 4) is 5.88 Å². The third-order valence-electron chi connectivity index (χ3n) is 5.05. The van der Waals surface area contributed by atoms with Crippen molar-refractivity contribution in [2.75, 3.05) is 53.1 Å². The minimum Gasteiger partial charge on any atom is -0.479 e. The maximum Gasteiger partial charge on any atom is 0.292 e. The second-order valence-corrected chi connectivity index (χ2v) is 7.20. The Morgan fingerprint density at radius 2 is 2.27 bits per heavy atom. The van der Waals surface area contributed by atoms with Gasteiger partial charge < -0.3 is 28.5 Å². The number of amides is 2. The van der Waals surface area contributed by atoms with Gasteiger partial charge in [-0.25, -0.2) is 0 Å². The number of methoxy groups -OCH3 is 1. The number of hydrogen-bond acceptors (Lipinski definition) is 7. The second-order valence-electron chi connectivity index (χ2n) is 7.20. The molecule has 3 heterocycles. The molecule has 0 N–H and O–H groups in total. The summed E-state index contributed by atoms with van der Waals surface area (Å²) in [6.45, 7) is 2.73. The molecule has 0 radical (unpaired) electrons. The number of hydrogen-bond donors (Lipinski definition) is 0. The number of nitrogens with zero attached hydrogens (tertiary/aromatic N) is 3. The smallest absolute Gasteiger partial charge is 0.292 e. The van der Waals surface area contributed by atoms with Crippen molar-refractivity contribution in [3.05, 3.63) is 11.8 Å². The minimum atomic E-state index is -0.709. The molecule has 1 atom stereocenters. The van der Waals surface area contributed by atoms with E-state index in [1.807, 2.05) is 4.90 Å². The fourth-order valence-corrected chi connectivity index (χ4v) is 3.44. The van der Waals surface area contributed by atoms with Gasteiger partial charge in [-0.15, -0.1) is 0 Å². The van der Waals surface area contributed by atoms with Crippen LogP contribution in [0, 0.1) is 5.92 Å². The lowest BCUT2D eigenvalue weighted by Gasteiger charge is -2.43. The highest BCUT2D eigenvalue weighted by molar-refractivity contribution is 5.91. The maximum absolute atomic E-state index is 12.8. The summed E-state index contributed by atoms with van der Waals surface area (Å²) < 4.78 is 21.6. The highest BCUT2D eigenvalue weighted by Gasteiger charge is 2.45. The van der Waals surface area contributed by atoms with Crippen molar-refractivity contribution < 1.29 is 28.3 Å². The fourth-order valence-electron chi connectivity index (χ4n) is 3.44. The normalized spacial score (nSPS) is 26.9. The molecule has 1 aliphatic carbocycles. The monoisotopic (exact) mass is 365 g/mol. The van der Waals surface area contributed by atoms with Gasteiger partial charge in [0.1, 0.15) is 12.2 Å². The SMILES string of the molecule is COc1cc(C(=O)N2CCOCC3(CN(CC4CC4)C(=O)CO3)C2)on1. The molecule has 1 aromatic rings. The third-order valence-corrected chi connectivity index (χ3v) is 5.05. The molecule has 1 spiro atoms. The summed E-state index contributed by atoms with van der Waals surface area (Å²) in [6.07, 6.45) is 2.35. The van der Waals surface area contributed by atoms with E-state index in [0.717, 1.165) is 6.54 Å². The van der Waals surface area contributed by atoms with Crippen molar-refractivity contribution in [2.24, 2.45) is 5.92 Å². The van der Waals surface area contributed by atoms with Crippen LogP contribution in [0.3, 0.4) is 0 Å². The quantitative estimate of drug-likeness (QED) is 0.750. The predicted molar refractivity (Wildman–Crippen MR) is 87.8 cm³/mol. The number of carbonyl (C=O) groups excluding carboxylic acids is 2. The van der Waals surface area contributed by atoms with Gasteiger partial charge in [0, 0.05) is 13.1 Å². The summed E-state index contributed by atoms with van der Waals surface area (Å²) >= 11 is 0. The van der Waals surface area contributed by atoms with Crippen LogP contribution >= 0.6 is 0 Å². The molecular weight excluding hydrogens is 342 g/mol. The lowest BCUT2D eigenvalue weighted by molar-refractivity contribution is -0.172. The Morgan fingerprint density at radius 1 is 1.42 bits per heavy atom. The van der Waals surface area contributed by atoms with E-state index < -0.39 is 5.60 Å². The minimum absolute atomic E-state index is 0.00428. The molecule has 0 bridgehead atoms. The summed E-state index contributed by atoms with van der Waals surface area (Å²) in [5.41, 5.74) is -0.709. The van der Waals surface area contributed by atoms with E-state index in [2.05, 4.69) is 5.16 Å². The molecule has 4 rings (SSSR count). The van der Waals surface area contributed by atoms with Gasteiger partial charge in [0.15, 0.2) is 0 Å². The lowest BCUT2D eigenvalue weighted by atomic mass is 10.0. The van der Waals surface area contributed by atoms with Crippen molar-refractivity contribution in [3.63, 3.8) is 0 Å². The molecule has 26 heavy (non-hydrogen) atoms. The molecular formula is C17H23N3O6. The van der Waals surface area contributed by atoms with E-state index in [1.54, 1.807) is 4.90 Å². The van der Waals surface area contributed by atoms with Gasteiger partial charge in [-0.2, -0.15) is 0 Å². The third kappa shape index (κ3) is 3.54. The molecule has 1 unspecified atom stereocenters. The highest BCUT2D eigenvalue weighted by Crippen LogP contribution is 2.32. The summed E-state index contributed by atoms with van der Waals surface area (Å²) in [5, 5.41) is 3.68. The molecule has 0 aromatic carbocycles. The molecule has 1 saturated carbocycles. The summed E-state index contributed by atoms with van der Waals surface area (Å²) in [7, 11) is 1.46. The van der Waals surface area contributed by atoms with Gasteiger partial charge in [-0.05, 0) is 23.9 Å². The summed E-state index contributed by atoms with van der Waals surface area (Å²) in [6, 6.07) is 1.46. The zero-order chi connectivity index (χ0) is 18.1. The van der Waals surface area contributed by atoms with Gasteiger partial charge in [0.05, 0.1) is 39.5 Å². The maximum atomic E-state index is 12.8. The zero-order valence-corrected chi connectivity index (χ0v) is 14.8. The van der Waals surface area contributed by atoms with Crippen LogP contribution in [-0.2, 0) is 14.3 Å². The zero-order valence-electron chi connectivity index (χ0n) is 14.8. The first-order chi connectivity index (χ1) is 12.6. The molecule has 142 valence electrons. The topological polar surface area (TPSA) is 94.3 Å². The van der Waals surface area contributed by atoms with E-state index in [0.29, 0.717) is 38.8 Å². The van der Waals surface area contributed by atoms with Gasteiger partial charge >= 0.3 is 0 Å². The Bertz CT molecular complexity index is 688. The van der Waals surface area contributed by atoms with E-state index in [9.17, 15) is 9.59 Å². The average molecular weight is 365 g/mol. The van der Waals surface area contributed by atoms with E-state index >= 15 is 0 Å². The Hall–Kier alpha value is -2.13. The predicted octanol–water partition coefficient (Wildman–Crippen LogP) is 0.163. The Labute approximate surface area is 151 Å². The van der Waals surface area contributed by atoms with Crippen LogP contribution < -0.4 is 4.74 Å². The van der Waals surface area contributed by atoms with Crippen molar-refractivity contribution in [2.45, 2.75) is 18.4 Å². The Balaban J connectivity index is 1.49. The number of morpholine rings is 1. The Morgan fingerprint density at radius 3 is 3.00 bits per heavy atom. The second kappa shape index (κ2) is 6.88. The number of ether oxygens (including phenoxy) is 3. The van der Waals surface area contributed by atoms with Crippen LogP contribution in [0.1, 0.15) is 23.4 Å². The van der Waals surface area contributed by atoms with E-state index in [1.165, 1.54) is 26.0 Å². The molecule has 9 heteroatoms. The number of aromatic nitrogens is 1. The van der Waals surface area contributed by atoms with Crippen molar-refractivity contribution in [1.29, 1.82) is 0 Å². The van der Waals surface area contributed by atoms with Crippen LogP contribution in [0.15, 0.2) is 10.6 Å². The van der Waals surface area contributed by atoms with Crippen molar-refractivity contribution in [1.82, 2.24) is 15.0 Å². The molecule has 2 amide bonds. The number of rotatable bonds is 4. The van der Waals surface area contributed by atoms with Crippen LogP contribution in [0.4, 0.5) is 0 Å². The summed E-state index contributed by atoms with van der Waals surface area (Å²) in [5.74, 6) is 0.676. The molecule has 3 fully saturated rings. The molecule has 2 saturated heterocycles. The van der Waals surface area contributed by atoms with Gasteiger partial charge in [0.2, 0.25) is 11.7 Å². The standard InChI is InChI=1S/C17H23N3O6/c1-23-14-6-13(26-18-14)16(22)19-4-5-24-11-17(9-19)10-20(7-12-2-3-12)15(21)8-25-17/h6,12H,2-5,7-11H2,1H3. The molecule has 9 nitrogen and oxygen atoms in total. The van der Waals surface area contributed by atoms with Crippen LogP contribution in [-0.4, -0.2) is 85.5 Å². The highest BCUT2D eigenvalue weighted by atomic mass is 16.6. The average Bonchev–Trinajstić information content (AvgIpc) is 3.37. The number of carbonyl (C=O) groups is 2. The van der Waals surface area contributed by atoms with Gasteiger partial charge in [0.25, 0.3) is 11.8 Å². The first kappa shape index (κ1) is 17.3. The largest absolute Gasteiger partial charge is 0.479 e. The molecule has 3 aliphatic rings.